The third kappa shape index (κ3) is 5.70. The number of phenols is 2. The Bertz CT molecular complexity index is 501. The van der Waals surface area contributed by atoms with Crippen molar-refractivity contribution in [2.75, 3.05) is 13.1 Å². The van der Waals surface area contributed by atoms with Crippen molar-refractivity contribution in [1.29, 1.82) is 0 Å². The quantitative estimate of drug-likeness (QED) is 0.576. The lowest BCUT2D eigenvalue weighted by atomic mass is 10.3. The molecule has 6 heteroatoms. The highest BCUT2D eigenvalue weighted by molar-refractivity contribution is 5.45. The van der Waals surface area contributed by atoms with Crippen molar-refractivity contribution in [2.45, 2.75) is 6.10 Å². The highest BCUT2D eigenvalue weighted by Gasteiger charge is 2.05. The van der Waals surface area contributed by atoms with Crippen LogP contribution >= 0.6 is 0 Å². The molecule has 114 valence electrons. The minimum absolute atomic E-state index is 0.0424. The molecule has 2 aromatic rings. The van der Waals surface area contributed by atoms with Gasteiger partial charge in [0.1, 0.15) is 0 Å². The lowest BCUT2D eigenvalue weighted by Crippen LogP contribution is -2.27. The molecule has 0 fully saturated rings. The second kappa shape index (κ2) is 8.80. The van der Waals surface area contributed by atoms with Crippen LogP contribution in [-0.2, 0) is 0 Å². The second-order valence-electron chi connectivity index (χ2n) is 4.16. The normalized spacial score (nSPS) is 9.90. The van der Waals surface area contributed by atoms with Gasteiger partial charge < -0.3 is 31.5 Å². The maximum absolute atomic E-state index is 9.46. The van der Waals surface area contributed by atoms with Crippen molar-refractivity contribution < 1.29 is 20.1 Å². The number of aliphatic hydroxyl groups is 1. The topological polar surface area (TPSA) is 122 Å². The van der Waals surface area contributed by atoms with E-state index in [-0.39, 0.29) is 24.6 Å². The monoisotopic (exact) mass is 292 g/mol. The van der Waals surface area contributed by atoms with E-state index >= 15 is 0 Å². The van der Waals surface area contributed by atoms with Crippen LogP contribution in [0.25, 0.3) is 0 Å². The lowest BCUT2D eigenvalue weighted by molar-refractivity contribution is 0.191. The summed E-state index contributed by atoms with van der Waals surface area (Å²) in [7, 11) is 0. The molecule has 0 bridgehead atoms. The minimum atomic E-state index is -0.509. The number of phenolic OH excluding ortho intramolecular Hbond substituents is 2. The van der Waals surface area contributed by atoms with Gasteiger partial charge in [0.05, 0.1) is 6.10 Å². The first-order chi connectivity index (χ1) is 10.1. The van der Waals surface area contributed by atoms with Gasteiger partial charge in [-0.1, -0.05) is 24.3 Å². The van der Waals surface area contributed by atoms with Crippen LogP contribution in [0.15, 0.2) is 48.5 Å². The highest BCUT2D eigenvalue weighted by Crippen LogP contribution is 2.34. The fourth-order valence-electron chi connectivity index (χ4n) is 1.30. The third-order valence-corrected chi connectivity index (χ3v) is 2.49. The number of hydrogen-bond acceptors (Lipinski definition) is 6. The van der Waals surface area contributed by atoms with Gasteiger partial charge in [-0.15, -0.1) is 0 Å². The number of rotatable bonds is 4. The minimum Gasteiger partial charge on any atom is -0.504 e. The van der Waals surface area contributed by atoms with Gasteiger partial charge in [0, 0.05) is 13.1 Å². The number of hydrogen-bond donors (Lipinski definition) is 5. The highest BCUT2D eigenvalue weighted by atomic mass is 16.5. The van der Waals surface area contributed by atoms with Crippen LogP contribution in [0, 0.1) is 0 Å². The van der Waals surface area contributed by atoms with E-state index in [1.165, 1.54) is 12.1 Å². The largest absolute Gasteiger partial charge is 0.504 e. The zero-order chi connectivity index (χ0) is 15.7. The molecule has 0 radical (unpaired) electrons. The molecule has 0 atom stereocenters. The van der Waals surface area contributed by atoms with Gasteiger partial charge in [0.2, 0.25) is 0 Å². The van der Waals surface area contributed by atoms with Crippen LogP contribution < -0.4 is 16.2 Å². The average molecular weight is 292 g/mol. The summed E-state index contributed by atoms with van der Waals surface area (Å²) in [5.74, 6) is 0.722. The maximum Gasteiger partial charge on any atom is 0.169 e. The molecule has 0 spiro atoms. The van der Waals surface area contributed by atoms with E-state index in [9.17, 15) is 10.2 Å². The van der Waals surface area contributed by atoms with Crippen molar-refractivity contribution in [3.8, 4) is 23.0 Å². The first-order valence-electron chi connectivity index (χ1n) is 6.40. The molecular formula is C15H20N2O4. The summed E-state index contributed by atoms with van der Waals surface area (Å²) in [5.41, 5.74) is 9.91. The van der Waals surface area contributed by atoms with Crippen LogP contribution in [0.4, 0.5) is 0 Å². The van der Waals surface area contributed by atoms with Gasteiger partial charge in [-0.05, 0) is 24.3 Å². The van der Waals surface area contributed by atoms with Crippen LogP contribution in [-0.4, -0.2) is 34.5 Å². The van der Waals surface area contributed by atoms with Crippen molar-refractivity contribution >= 4 is 0 Å². The molecule has 0 aliphatic rings. The molecule has 21 heavy (non-hydrogen) atoms. The fourth-order valence-corrected chi connectivity index (χ4v) is 1.30. The average Bonchev–Trinajstić information content (AvgIpc) is 2.51. The molecule has 0 aromatic heterocycles. The molecule has 0 aliphatic heterocycles. The summed E-state index contributed by atoms with van der Waals surface area (Å²) in [4.78, 5) is 0. The SMILES string of the molecule is NCC(O)CN.Oc1ccccc1Oc1ccccc1O. The predicted octanol–water partition coefficient (Wildman–Crippen LogP) is 1.15. The van der Waals surface area contributed by atoms with Crippen LogP contribution in [0.5, 0.6) is 23.0 Å². The van der Waals surface area contributed by atoms with Crippen LogP contribution in [0.2, 0.25) is 0 Å². The van der Waals surface area contributed by atoms with E-state index in [2.05, 4.69) is 0 Å². The molecular weight excluding hydrogens is 272 g/mol. The smallest absolute Gasteiger partial charge is 0.169 e. The van der Waals surface area contributed by atoms with Gasteiger partial charge >= 0.3 is 0 Å². The molecule has 7 N–H and O–H groups in total. The van der Waals surface area contributed by atoms with Crippen molar-refractivity contribution in [1.82, 2.24) is 0 Å². The molecule has 0 unspecified atom stereocenters. The van der Waals surface area contributed by atoms with Gasteiger partial charge in [-0.2, -0.15) is 0 Å². The summed E-state index contributed by atoms with van der Waals surface area (Å²) >= 11 is 0. The van der Waals surface area contributed by atoms with Crippen molar-refractivity contribution in [3.63, 3.8) is 0 Å². The Morgan fingerprint density at radius 1 is 0.810 bits per heavy atom. The summed E-state index contributed by atoms with van der Waals surface area (Å²) in [6, 6.07) is 13.2. The van der Waals surface area contributed by atoms with Gasteiger partial charge in [-0.3, -0.25) is 0 Å². The van der Waals surface area contributed by atoms with E-state index in [1.54, 1.807) is 36.4 Å². The van der Waals surface area contributed by atoms with Crippen LogP contribution in [0.1, 0.15) is 0 Å². The number of ether oxygens (including phenoxy) is 1. The zero-order valence-corrected chi connectivity index (χ0v) is 11.5. The van der Waals surface area contributed by atoms with Crippen molar-refractivity contribution in [2.24, 2.45) is 11.5 Å². The first-order valence-corrected chi connectivity index (χ1v) is 6.40. The molecule has 6 nitrogen and oxygen atoms in total. The van der Waals surface area contributed by atoms with Crippen molar-refractivity contribution in [3.05, 3.63) is 48.5 Å². The number of aliphatic hydroxyl groups excluding tert-OH is 1. The molecule has 0 saturated carbocycles. The molecule has 0 heterocycles. The summed E-state index contributed by atoms with van der Waals surface area (Å²) in [6.07, 6.45) is -0.509. The molecule has 0 aliphatic carbocycles. The molecule has 0 amide bonds. The number of nitrogens with two attached hydrogens (primary N) is 2. The van der Waals surface area contributed by atoms with E-state index in [1.807, 2.05) is 0 Å². The van der Waals surface area contributed by atoms with E-state index in [0.717, 1.165) is 0 Å². The Hall–Kier alpha value is -2.28. The van der Waals surface area contributed by atoms with Gasteiger partial charge in [0.25, 0.3) is 0 Å². The Morgan fingerprint density at radius 2 is 1.19 bits per heavy atom. The molecule has 0 saturated heterocycles. The third-order valence-electron chi connectivity index (χ3n) is 2.49. The molecule has 2 rings (SSSR count). The maximum atomic E-state index is 9.46. The Kier molecular flexibility index (Phi) is 7.03. The Labute approximate surface area is 123 Å². The van der Waals surface area contributed by atoms with Gasteiger partial charge in [-0.25, -0.2) is 0 Å². The Morgan fingerprint density at radius 3 is 1.48 bits per heavy atom. The van der Waals surface area contributed by atoms with Gasteiger partial charge in [0.15, 0.2) is 23.0 Å². The Balaban J connectivity index is 0.000000315. The number of aromatic hydroxyl groups is 2. The number of para-hydroxylation sites is 4. The summed E-state index contributed by atoms with van der Waals surface area (Å²) in [6.45, 7) is 0.521. The summed E-state index contributed by atoms with van der Waals surface area (Å²) in [5, 5.41) is 27.3. The number of benzene rings is 2. The lowest BCUT2D eigenvalue weighted by Gasteiger charge is -2.08. The van der Waals surface area contributed by atoms with Crippen LogP contribution in [0.3, 0.4) is 0 Å². The first kappa shape index (κ1) is 16.8. The van der Waals surface area contributed by atoms with E-state index < -0.39 is 6.10 Å². The fraction of sp³-hybridized carbons (Fsp3) is 0.200. The van der Waals surface area contributed by atoms with E-state index in [0.29, 0.717) is 11.5 Å². The molecule has 2 aromatic carbocycles. The standard InChI is InChI=1S/C12H10O3.C3H10N2O/c13-9-5-1-3-7-11(9)15-12-8-4-2-6-10(12)14;4-1-3(6)2-5/h1-8,13-14H;3,6H,1-2,4-5H2. The zero-order valence-electron chi connectivity index (χ0n) is 11.5. The van der Waals surface area contributed by atoms with E-state index in [4.69, 9.17) is 21.3 Å². The summed E-state index contributed by atoms with van der Waals surface area (Å²) < 4.78 is 5.34. The second-order valence-corrected chi connectivity index (χ2v) is 4.16. The predicted molar refractivity (Wildman–Crippen MR) is 80.4 cm³/mol.